The number of benzene rings is 2. The van der Waals surface area contributed by atoms with Crippen molar-refractivity contribution in [2.24, 2.45) is 5.92 Å². The van der Waals surface area contributed by atoms with Gasteiger partial charge in [0.05, 0.1) is 22.4 Å². The molecular weight excluding hydrogens is 459 g/mol. The second-order valence-electron chi connectivity index (χ2n) is 9.18. The zero-order chi connectivity index (χ0) is 23.0. The summed E-state index contributed by atoms with van der Waals surface area (Å²) >= 11 is 14.3. The molecule has 1 unspecified atom stereocenters. The highest BCUT2D eigenvalue weighted by molar-refractivity contribution is 7.16. The molecule has 0 bridgehead atoms. The van der Waals surface area contributed by atoms with Gasteiger partial charge in [0.1, 0.15) is 0 Å². The molecule has 0 spiro atoms. The summed E-state index contributed by atoms with van der Waals surface area (Å²) in [7, 11) is 0. The molecule has 1 N–H and O–H groups in total. The van der Waals surface area contributed by atoms with Crippen LogP contribution in [0.15, 0.2) is 42.5 Å². The number of nitrogens with zero attached hydrogens (tertiary/aromatic N) is 2. The van der Waals surface area contributed by atoms with Gasteiger partial charge in [-0.05, 0) is 75.3 Å². The molecule has 0 radical (unpaired) electrons. The third-order valence-electron chi connectivity index (χ3n) is 6.04. The summed E-state index contributed by atoms with van der Waals surface area (Å²) in [6.07, 6.45) is 3.51. The van der Waals surface area contributed by atoms with Gasteiger partial charge in [-0.2, -0.15) is 0 Å². The van der Waals surface area contributed by atoms with Crippen molar-refractivity contribution in [3.63, 3.8) is 0 Å². The number of aromatic nitrogens is 1. The van der Waals surface area contributed by atoms with E-state index in [0.29, 0.717) is 16.0 Å². The zero-order valence-electron chi connectivity index (χ0n) is 19.0. The van der Waals surface area contributed by atoms with Crippen molar-refractivity contribution in [3.8, 4) is 11.3 Å². The highest BCUT2D eigenvalue weighted by Gasteiger charge is 2.37. The van der Waals surface area contributed by atoms with Crippen molar-refractivity contribution < 1.29 is 5.11 Å². The maximum atomic E-state index is 10.4. The van der Waals surface area contributed by atoms with E-state index >= 15 is 0 Å². The Labute approximate surface area is 205 Å². The summed E-state index contributed by atoms with van der Waals surface area (Å²) in [6, 6.07) is 14.3. The van der Waals surface area contributed by atoms with Crippen LogP contribution in [0.5, 0.6) is 0 Å². The number of thiazole rings is 1. The van der Waals surface area contributed by atoms with Gasteiger partial charge in [-0.15, -0.1) is 11.3 Å². The average Bonchev–Trinajstić information content (AvgIpc) is 3.49. The van der Waals surface area contributed by atoms with Gasteiger partial charge in [0.15, 0.2) is 5.13 Å². The third kappa shape index (κ3) is 4.99. The SMILES string of the molecule is CCCN(c1nc(-c2ccc(Cl)cc2Cl)c(C)s1)C(c1ccc(C(C)(C)O)cc1)C1CC1. The Kier molecular flexibility index (Phi) is 6.88. The molecule has 4 rings (SSSR count). The van der Waals surface area contributed by atoms with Gasteiger partial charge in [0, 0.05) is 22.0 Å². The lowest BCUT2D eigenvalue weighted by Crippen LogP contribution is -2.31. The molecule has 32 heavy (non-hydrogen) atoms. The molecule has 1 aromatic heterocycles. The van der Waals surface area contributed by atoms with E-state index in [4.69, 9.17) is 28.2 Å². The third-order valence-corrected chi connectivity index (χ3v) is 7.60. The van der Waals surface area contributed by atoms with Crippen molar-refractivity contribution in [1.82, 2.24) is 4.98 Å². The predicted molar refractivity (Wildman–Crippen MR) is 137 cm³/mol. The van der Waals surface area contributed by atoms with E-state index in [2.05, 4.69) is 43.0 Å². The summed E-state index contributed by atoms with van der Waals surface area (Å²) in [5.41, 5.74) is 3.23. The molecule has 1 aliphatic rings. The number of aliphatic hydroxyl groups is 1. The summed E-state index contributed by atoms with van der Waals surface area (Å²) in [6.45, 7) is 8.91. The van der Waals surface area contributed by atoms with E-state index in [9.17, 15) is 5.11 Å². The molecule has 0 amide bonds. The Morgan fingerprint density at radius 3 is 2.41 bits per heavy atom. The van der Waals surface area contributed by atoms with E-state index < -0.39 is 5.60 Å². The van der Waals surface area contributed by atoms with Crippen molar-refractivity contribution in [2.75, 3.05) is 11.4 Å². The number of anilines is 1. The van der Waals surface area contributed by atoms with E-state index in [1.54, 1.807) is 17.4 Å². The lowest BCUT2D eigenvalue weighted by molar-refractivity contribution is 0.0786. The topological polar surface area (TPSA) is 36.4 Å². The summed E-state index contributed by atoms with van der Waals surface area (Å²) in [4.78, 5) is 8.70. The minimum absolute atomic E-state index is 0.282. The van der Waals surface area contributed by atoms with Crippen LogP contribution < -0.4 is 4.90 Å². The molecule has 3 aromatic rings. The second-order valence-corrected chi connectivity index (χ2v) is 11.2. The van der Waals surface area contributed by atoms with Gasteiger partial charge in [-0.3, -0.25) is 0 Å². The van der Waals surface area contributed by atoms with Crippen molar-refractivity contribution in [2.45, 2.75) is 58.6 Å². The summed E-state index contributed by atoms with van der Waals surface area (Å²) in [5, 5.41) is 12.6. The first-order valence-electron chi connectivity index (χ1n) is 11.2. The molecule has 2 aromatic carbocycles. The number of rotatable bonds is 8. The van der Waals surface area contributed by atoms with Crippen molar-refractivity contribution in [1.29, 1.82) is 0 Å². The number of aryl methyl sites for hydroxylation is 1. The van der Waals surface area contributed by atoms with Crippen LogP contribution in [0.2, 0.25) is 10.0 Å². The van der Waals surface area contributed by atoms with Gasteiger partial charge in [-0.25, -0.2) is 4.98 Å². The molecule has 170 valence electrons. The van der Waals surface area contributed by atoms with Gasteiger partial charge >= 0.3 is 0 Å². The van der Waals surface area contributed by atoms with E-state index in [1.807, 2.05) is 26.0 Å². The quantitative estimate of drug-likeness (QED) is 0.348. The number of halogens is 2. The Morgan fingerprint density at radius 2 is 1.84 bits per heavy atom. The van der Waals surface area contributed by atoms with Crippen LogP contribution in [0.25, 0.3) is 11.3 Å². The smallest absolute Gasteiger partial charge is 0.186 e. The maximum Gasteiger partial charge on any atom is 0.186 e. The van der Waals surface area contributed by atoms with Crippen LogP contribution in [-0.4, -0.2) is 16.6 Å². The minimum Gasteiger partial charge on any atom is -0.386 e. The first-order valence-corrected chi connectivity index (χ1v) is 12.8. The predicted octanol–water partition coefficient (Wildman–Crippen LogP) is 8.02. The number of hydrogen-bond donors (Lipinski definition) is 1. The van der Waals surface area contributed by atoms with E-state index in [-0.39, 0.29) is 6.04 Å². The van der Waals surface area contributed by atoms with Crippen LogP contribution in [0.1, 0.15) is 62.1 Å². The fourth-order valence-electron chi connectivity index (χ4n) is 4.24. The fourth-order valence-corrected chi connectivity index (χ4v) is 5.72. The van der Waals surface area contributed by atoms with Crippen molar-refractivity contribution >= 4 is 39.7 Å². The van der Waals surface area contributed by atoms with Crippen LogP contribution in [-0.2, 0) is 5.60 Å². The minimum atomic E-state index is -0.837. The summed E-state index contributed by atoms with van der Waals surface area (Å²) in [5.74, 6) is 0.626. The van der Waals surface area contributed by atoms with Crippen LogP contribution in [0, 0.1) is 12.8 Å². The fraction of sp³-hybridized carbons (Fsp3) is 0.423. The van der Waals surface area contributed by atoms with Gasteiger partial charge in [-0.1, -0.05) is 54.4 Å². The van der Waals surface area contributed by atoms with Crippen LogP contribution >= 0.6 is 34.5 Å². The van der Waals surface area contributed by atoms with Gasteiger partial charge < -0.3 is 10.0 Å². The average molecular weight is 490 g/mol. The Morgan fingerprint density at radius 1 is 1.16 bits per heavy atom. The van der Waals surface area contributed by atoms with Gasteiger partial charge in [0.25, 0.3) is 0 Å². The largest absolute Gasteiger partial charge is 0.386 e. The highest BCUT2D eigenvalue weighted by atomic mass is 35.5. The maximum absolute atomic E-state index is 10.4. The van der Waals surface area contributed by atoms with E-state index in [0.717, 1.165) is 39.8 Å². The summed E-state index contributed by atoms with van der Waals surface area (Å²) < 4.78 is 0. The Hall–Kier alpha value is -1.59. The monoisotopic (exact) mass is 488 g/mol. The first kappa shape index (κ1) is 23.6. The van der Waals surface area contributed by atoms with E-state index in [1.165, 1.54) is 18.4 Å². The molecule has 1 saturated carbocycles. The molecule has 1 aliphatic carbocycles. The zero-order valence-corrected chi connectivity index (χ0v) is 21.4. The molecule has 3 nitrogen and oxygen atoms in total. The lowest BCUT2D eigenvalue weighted by atomic mass is 9.94. The molecule has 0 aliphatic heterocycles. The molecule has 0 saturated heterocycles. The van der Waals surface area contributed by atoms with Gasteiger partial charge in [0.2, 0.25) is 0 Å². The molecule has 6 heteroatoms. The highest BCUT2D eigenvalue weighted by Crippen LogP contribution is 2.48. The Bertz CT molecular complexity index is 1080. The molecule has 1 atom stereocenters. The Balaban J connectivity index is 1.72. The molecule has 1 heterocycles. The molecule has 1 fully saturated rings. The molecular formula is C26H30Cl2N2OS. The second kappa shape index (κ2) is 9.34. The van der Waals surface area contributed by atoms with Crippen molar-refractivity contribution in [3.05, 3.63) is 68.5 Å². The van der Waals surface area contributed by atoms with Crippen LogP contribution in [0.4, 0.5) is 5.13 Å². The standard InChI is InChI=1S/C26H30Cl2N2OS/c1-5-14-30(24(17-6-7-17)18-8-10-19(11-9-18)26(3,4)31)25-29-23(16(2)32-25)21-13-12-20(27)15-22(21)28/h8-13,15,17,24,31H,5-7,14H2,1-4H3. The van der Waals surface area contributed by atoms with Crippen LogP contribution in [0.3, 0.4) is 0 Å². The number of hydrogen-bond acceptors (Lipinski definition) is 4. The lowest BCUT2D eigenvalue weighted by Gasteiger charge is -2.32. The normalized spacial score (nSPS) is 15.1. The first-order chi connectivity index (χ1) is 15.2.